The summed E-state index contributed by atoms with van der Waals surface area (Å²) in [6.07, 6.45) is 1.84. The van der Waals surface area contributed by atoms with Crippen LogP contribution in [0.2, 0.25) is 0 Å². The molecule has 0 heterocycles. The fraction of sp³-hybridized carbons (Fsp3) is 0.467. The Hall–Kier alpha value is -2.09. The monoisotopic (exact) mass is 340 g/mol. The van der Waals surface area contributed by atoms with Crippen LogP contribution < -0.4 is 5.32 Å². The van der Waals surface area contributed by atoms with Gasteiger partial charge in [-0.05, 0) is 25.5 Å². The Balaban J connectivity index is 2.28. The zero-order valence-electron chi connectivity index (χ0n) is 13.1. The van der Waals surface area contributed by atoms with Gasteiger partial charge in [-0.1, -0.05) is 13.3 Å². The minimum absolute atomic E-state index is 0.00482. The highest BCUT2D eigenvalue weighted by molar-refractivity contribution is 8.00. The van der Waals surface area contributed by atoms with E-state index in [0.29, 0.717) is 4.90 Å². The molecule has 1 atom stereocenters. The van der Waals surface area contributed by atoms with Crippen LogP contribution in [0.3, 0.4) is 0 Å². The zero-order chi connectivity index (χ0) is 17.2. The number of nitrogens with zero attached hydrogens (tertiary/aromatic N) is 1. The first-order chi connectivity index (χ1) is 10.9. The third kappa shape index (κ3) is 7.64. The van der Waals surface area contributed by atoms with Crippen molar-refractivity contribution in [3.8, 4) is 0 Å². The molecule has 1 N–H and O–H groups in total. The van der Waals surface area contributed by atoms with Crippen LogP contribution in [0.1, 0.15) is 26.7 Å². The first-order valence-electron chi connectivity index (χ1n) is 7.24. The predicted octanol–water partition coefficient (Wildman–Crippen LogP) is 2.53. The molecule has 1 rings (SSSR count). The number of nitro groups is 1. The van der Waals surface area contributed by atoms with Crippen LogP contribution in [0, 0.1) is 10.1 Å². The summed E-state index contributed by atoms with van der Waals surface area (Å²) >= 11 is 1.19. The number of benzene rings is 1. The minimum Gasteiger partial charge on any atom is -0.455 e. The van der Waals surface area contributed by atoms with Crippen molar-refractivity contribution < 1.29 is 19.2 Å². The minimum atomic E-state index is -0.508. The van der Waals surface area contributed by atoms with E-state index in [0.717, 1.165) is 12.8 Å². The number of nitrogens with one attached hydrogen (secondary N) is 1. The number of carbonyl (C=O) groups is 2. The molecule has 0 radical (unpaired) electrons. The number of non-ortho nitro benzene ring substituents is 1. The number of ether oxygens (including phenoxy) is 1. The van der Waals surface area contributed by atoms with E-state index < -0.39 is 10.9 Å². The Morgan fingerprint density at radius 1 is 1.35 bits per heavy atom. The molecule has 0 spiro atoms. The number of rotatable bonds is 9. The lowest BCUT2D eigenvalue weighted by atomic mass is 10.2. The van der Waals surface area contributed by atoms with Gasteiger partial charge in [0, 0.05) is 23.1 Å². The molecule has 1 aromatic carbocycles. The lowest BCUT2D eigenvalue weighted by Gasteiger charge is -2.12. The molecule has 0 aliphatic rings. The van der Waals surface area contributed by atoms with E-state index in [4.69, 9.17) is 4.74 Å². The van der Waals surface area contributed by atoms with Crippen molar-refractivity contribution in [1.82, 2.24) is 5.32 Å². The SMILES string of the molecule is CCC[C@@H](C)NC(=O)COC(=O)CSc1ccc([N+](=O)[O-])cc1. The Bertz CT molecular complexity index is 547. The van der Waals surface area contributed by atoms with Crippen LogP contribution in [0.25, 0.3) is 0 Å². The summed E-state index contributed by atoms with van der Waals surface area (Å²) in [6.45, 7) is 3.62. The number of hydrogen-bond donors (Lipinski definition) is 1. The van der Waals surface area contributed by atoms with E-state index in [9.17, 15) is 19.7 Å². The van der Waals surface area contributed by atoms with Crippen molar-refractivity contribution in [2.45, 2.75) is 37.6 Å². The third-order valence-electron chi connectivity index (χ3n) is 2.90. The van der Waals surface area contributed by atoms with Crippen molar-refractivity contribution in [1.29, 1.82) is 0 Å². The lowest BCUT2D eigenvalue weighted by Crippen LogP contribution is -2.35. The topological polar surface area (TPSA) is 98.5 Å². The van der Waals surface area contributed by atoms with Gasteiger partial charge in [-0.2, -0.15) is 0 Å². The average molecular weight is 340 g/mol. The summed E-state index contributed by atoms with van der Waals surface area (Å²) in [5.74, 6) is -0.790. The maximum atomic E-state index is 11.6. The average Bonchev–Trinajstić information content (AvgIpc) is 2.51. The summed E-state index contributed by atoms with van der Waals surface area (Å²) in [6, 6.07) is 5.93. The predicted molar refractivity (Wildman–Crippen MR) is 87.3 cm³/mol. The molecule has 8 heteroatoms. The highest BCUT2D eigenvalue weighted by Crippen LogP contribution is 2.21. The first-order valence-corrected chi connectivity index (χ1v) is 8.23. The van der Waals surface area contributed by atoms with Gasteiger partial charge in [-0.25, -0.2) is 0 Å². The molecule has 1 aromatic rings. The van der Waals surface area contributed by atoms with Crippen LogP contribution in [-0.4, -0.2) is 35.2 Å². The van der Waals surface area contributed by atoms with Gasteiger partial charge in [-0.3, -0.25) is 19.7 Å². The van der Waals surface area contributed by atoms with E-state index in [1.54, 1.807) is 12.1 Å². The smallest absolute Gasteiger partial charge is 0.316 e. The van der Waals surface area contributed by atoms with Crippen molar-refractivity contribution >= 4 is 29.3 Å². The molecular weight excluding hydrogens is 320 g/mol. The normalized spacial score (nSPS) is 11.6. The van der Waals surface area contributed by atoms with Gasteiger partial charge in [0.25, 0.3) is 11.6 Å². The van der Waals surface area contributed by atoms with E-state index in [1.165, 1.54) is 23.9 Å². The summed E-state index contributed by atoms with van der Waals surface area (Å²) in [5, 5.41) is 13.3. The van der Waals surface area contributed by atoms with Gasteiger partial charge < -0.3 is 10.1 Å². The van der Waals surface area contributed by atoms with Gasteiger partial charge in [0.2, 0.25) is 0 Å². The standard InChI is InChI=1S/C15H20N2O5S/c1-3-4-11(2)16-14(18)9-22-15(19)10-23-13-7-5-12(6-8-13)17(20)21/h5-8,11H,3-4,9-10H2,1-2H3,(H,16,18)/t11-/m1/s1. The number of nitro benzene ring substituents is 1. The molecule has 126 valence electrons. The van der Waals surface area contributed by atoms with Gasteiger partial charge in [-0.15, -0.1) is 11.8 Å². The van der Waals surface area contributed by atoms with Crippen LogP contribution in [0.5, 0.6) is 0 Å². The Morgan fingerprint density at radius 3 is 2.57 bits per heavy atom. The third-order valence-corrected chi connectivity index (χ3v) is 3.88. The highest BCUT2D eigenvalue weighted by Gasteiger charge is 2.11. The Morgan fingerprint density at radius 2 is 2.00 bits per heavy atom. The summed E-state index contributed by atoms with van der Waals surface area (Å²) in [5.41, 5.74) is -0.00482. The fourth-order valence-electron chi connectivity index (χ4n) is 1.82. The number of esters is 1. The maximum absolute atomic E-state index is 11.6. The summed E-state index contributed by atoms with van der Waals surface area (Å²) < 4.78 is 4.89. The number of amides is 1. The Labute approximate surface area is 138 Å². The van der Waals surface area contributed by atoms with E-state index in [-0.39, 0.29) is 30.0 Å². The molecule has 0 fully saturated rings. The fourth-order valence-corrected chi connectivity index (χ4v) is 2.51. The summed E-state index contributed by atoms with van der Waals surface area (Å²) in [7, 11) is 0. The largest absolute Gasteiger partial charge is 0.455 e. The molecule has 0 unspecified atom stereocenters. The molecular formula is C15H20N2O5S. The summed E-state index contributed by atoms with van der Waals surface area (Å²) in [4.78, 5) is 33.9. The number of carbonyl (C=O) groups excluding carboxylic acids is 2. The Kier molecular flexibility index (Phi) is 8.10. The van der Waals surface area contributed by atoms with Gasteiger partial charge >= 0.3 is 5.97 Å². The molecule has 1 amide bonds. The van der Waals surface area contributed by atoms with Gasteiger partial charge in [0.15, 0.2) is 6.61 Å². The van der Waals surface area contributed by atoms with Crippen molar-refractivity contribution in [2.24, 2.45) is 0 Å². The molecule has 0 saturated heterocycles. The molecule has 7 nitrogen and oxygen atoms in total. The molecule has 0 aliphatic heterocycles. The van der Waals surface area contributed by atoms with Gasteiger partial charge in [0.1, 0.15) is 0 Å². The van der Waals surface area contributed by atoms with Crippen molar-refractivity contribution in [3.05, 3.63) is 34.4 Å². The first kappa shape index (κ1) is 19.0. The molecule has 0 aromatic heterocycles. The molecule has 0 aliphatic carbocycles. The number of hydrogen-bond acceptors (Lipinski definition) is 6. The second kappa shape index (κ2) is 9.83. The lowest BCUT2D eigenvalue weighted by molar-refractivity contribution is -0.384. The van der Waals surface area contributed by atoms with Crippen molar-refractivity contribution in [2.75, 3.05) is 12.4 Å². The molecule has 0 bridgehead atoms. The maximum Gasteiger partial charge on any atom is 0.316 e. The van der Waals surface area contributed by atoms with E-state index in [2.05, 4.69) is 5.32 Å². The van der Waals surface area contributed by atoms with Crippen LogP contribution in [0.4, 0.5) is 5.69 Å². The highest BCUT2D eigenvalue weighted by atomic mass is 32.2. The van der Waals surface area contributed by atoms with Crippen LogP contribution >= 0.6 is 11.8 Å². The van der Waals surface area contributed by atoms with Gasteiger partial charge in [0.05, 0.1) is 10.7 Å². The van der Waals surface area contributed by atoms with Crippen LogP contribution in [0.15, 0.2) is 29.2 Å². The second-order valence-corrected chi connectivity index (χ2v) is 6.01. The molecule has 0 saturated carbocycles. The zero-order valence-corrected chi connectivity index (χ0v) is 13.9. The van der Waals surface area contributed by atoms with E-state index >= 15 is 0 Å². The second-order valence-electron chi connectivity index (χ2n) is 4.96. The van der Waals surface area contributed by atoms with Crippen molar-refractivity contribution in [3.63, 3.8) is 0 Å². The van der Waals surface area contributed by atoms with Crippen LogP contribution in [-0.2, 0) is 14.3 Å². The molecule has 23 heavy (non-hydrogen) atoms. The quantitative estimate of drug-likeness (QED) is 0.321. The van der Waals surface area contributed by atoms with E-state index in [1.807, 2.05) is 13.8 Å². The number of thioether (sulfide) groups is 1.